The summed E-state index contributed by atoms with van der Waals surface area (Å²) in [7, 11) is 1.80. The molecular formula is C28H48O5. The van der Waals surface area contributed by atoms with Crippen LogP contribution in [-0.4, -0.2) is 53.1 Å². The molecule has 5 nitrogen and oxygen atoms in total. The lowest BCUT2D eigenvalue weighted by Gasteiger charge is -2.62. The molecular weight excluding hydrogens is 416 g/mol. The second-order valence-corrected chi connectivity index (χ2v) is 13.3. The van der Waals surface area contributed by atoms with Gasteiger partial charge in [-0.25, -0.2) is 0 Å². The van der Waals surface area contributed by atoms with E-state index < -0.39 is 5.79 Å². The lowest BCUT2D eigenvalue weighted by Crippen LogP contribution is -2.59. The van der Waals surface area contributed by atoms with Crippen molar-refractivity contribution in [3.05, 3.63) is 0 Å². The minimum absolute atomic E-state index is 0.0512. The molecule has 0 spiro atoms. The number of hydrogen-bond donors (Lipinski definition) is 3. The second kappa shape index (κ2) is 8.44. The van der Waals surface area contributed by atoms with Crippen LogP contribution in [0.1, 0.15) is 85.5 Å². The van der Waals surface area contributed by atoms with E-state index in [1.807, 2.05) is 0 Å². The molecule has 0 radical (unpaired) electrons. The molecule has 13 atom stereocenters. The van der Waals surface area contributed by atoms with Crippen molar-refractivity contribution >= 4 is 0 Å². The zero-order chi connectivity index (χ0) is 23.8. The Morgan fingerprint density at radius 3 is 2.52 bits per heavy atom. The summed E-state index contributed by atoms with van der Waals surface area (Å²) in [4.78, 5) is 0. The molecule has 0 aromatic rings. The van der Waals surface area contributed by atoms with Gasteiger partial charge in [-0.15, -0.1) is 0 Å². The maximum absolute atomic E-state index is 11.2. The topological polar surface area (TPSA) is 79.2 Å². The van der Waals surface area contributed by atoms with Gasteiger partial charge >= 0.3 is 0 Å². The Morgan fingerprint density at radius 1 is 1.06 bits per heavy atom. The Bertz CT molecular complexity index is 729. The van der Waals surface area contributed by atoms with Crippen molar-refractivity contribution in [3.63, 3.8) is 0 Å². The SMILES string of the molecule is CO[C@]1(CC[C@@H](C)CO)O[C@H]2C[C@H]3[C@@H]4CC[C@H]5C[C@@H](O)C[C@@H](O)[C@]5(C)[C@H]4CC[C@]3(C)[C@H]2[C@@H]1C. The van der Waals surface area contributed by atoms with Crippen molar-refractivity contribution in [1.82, 2.24) is 0 Å². The highest BCUT2D eigenvalue weighted by Crippen LogP contribution is 2.71. The molecule has 5 heteroatoms. The average Bonchev–Trinajstić information content (AvgIpc) is 3.24. The number of ether oxygens (including phenoxy) is 2. The molecule has 3 N–H and O–H groups in total. The minimum Gasteiger partial charge on any atom is -0.396 e. The maximum Gasteiger partial charge on any atom is 0.171 e. The van der Waals surface area contributed by atoms with Gasteiger partial charge in [0.05, 0.1) is 18.3 Å². The van der Waals surface area contributed by atoms with Crippen LogP contribution in [-0.2, 0) is 9.47 Å². The van der Waals surface area contributed by atoms with Crippen LogP contribution in [0.5, 0.6) is 0 Å². The Hall–Kier alpha value is -0.200. The molecule has 1 saturated heterocycles. The van der Waals surface area contributed by atoms with Gasteiger partial charge in [-0.2, -0.15) is 0 Å². The van der Waals surface area contributed by atoms with Crippen molar-refractivity contribution in [1.29, 1.82) is 0 Å². The fourth-order valence-electron chi connectivity index (χ4n) is 10.1. The lowest BCUT2D eigenvalue weighted by molar-refractivity contribution is -0.240. The molecule has 0 bridgehead atoms. The van der Waals surface area contributed by atoms with Crippen molar-refractivity contribution in [3.8, 4) is 0 Å². The summed E-state index contributed by atoms with van der Waals surface area (Å²) in [5.41, 5.74) is 0.209. The summed E-state index contributed by atoms with van der Waals surface area (Å²) in [6.45, 7) is 9.55. The van der Waals surface area contributed by atoms with E-state index in [9.17, 15) is 15.3 Å². The van der Waals surface area contributed by atoms with Crippen LogP contribution in [0.3, 0.4) is 0 Å². The fraction of sp³-hybridized carbons (Fsp3) is 1.00. The first-order chi connectivity index (χ1) is 15.6. The first-order valence-corrected chi connectivity index (χ1v) is 13.8. The first kappa shape index (κ1) is 24.5. The molecule has 5 rings (SSSR count). The van der Waals surface area contributed by atoms with Crippen LogP contribution in [0.15, 0.2) is 0 Å². The van der Waals surface area contributed by atoms with Crippen molar-refractivity contribution < 1.29 is 24.8 Å². The Kier molecular flexibility index (Phi) is 6.26. The summed E-state index contributed by atoms with van der Waals surface area (Å²) < 4.78 is 13.0. The molecule has 4 aliphatic carbocycles. The second-order valence-electron chi connectivity index (χ2n) is 13.3. The summed E-state index contributed by atoms with van der Waals surface area (Å²) in [6, 6.07) is 0. The molecule has 190 valence electrons. The van der Waals surface area contributed by atoms with Crippen LogP contribution in [0.4, 0.5) is 0 Å². The Labute approximate surface area is 200 Å². The van der Waals surface area contributed by atoms with Gasteiger partial charge in [0.2, 0.25) is 0 Å². The van der Waals surface area contributed by atoms with E-state index in [0.29, 0.717) is 41.9 Å². The summed E-state index contributed by atoms with van der Waals surface area (Å²) in [6.07, 6.45) is 8.62. The molecule has 0 unspecified atom stereocenters. The van der Waals surface area contributed by atoms with E-state index >= 15 is 0 Å². The highest BCUT2D eigenvalue weighted by molar-refractivity contribution is 5.16. The van der Waals surface area contributed by atoms with Gasteiger partial charge < -0.3 is 24.8 Å². The molecule has 5 fully saturated rings. The molecule has 1 aliphatic heterocycles. The fourth-order valence-corrected chi connectivity index (χ4v) is 10.1. The third-order valence-electron chi connectivity index (χ3n) is 12.0. The number of aliphatic hydroxyl groups is 3. The van der Waals surface area contributed by atoms with E-state index in [1.54, 1.807) is 7.11 Å². The number of hydrogen-bond acceptors (Lipinski definition) is 5. The summed E-state index contributed by atoms with van der Waals surface area (Å²) >= 11 is 0. The monoisotopic (exact) mass is 464 g/mol. The average molecular weight is 465 g/mol. The predicted molar refractivity (Wildman–Crippen MR) is 127 cm³/mol. The third kappa shape index (κ3) is 3.43. The number of aliphatic hydroxyl groups excluding tert-OH is 3. The first-order valence-electron chi connectivity index (χ1n) is 13.8. The Morgan fingerprint density at radius 2 is 1.82 bits per heavy atom. The smallest absolute Gasteiger partial charge is 0.171 e. The summed E-state index contributed by atoms with van der Waals surface area (Å²) in [5, 5.41) is 31.0. The molecule has 33 heavy (non-hydrogen) atoms. The molecule has 0 aromatic carbocycles. The number of rotatable bonds is 5. The minimum atomic E-state index is -0.525. The van der Waals surface area contributed by atoms with E-state index in [4.69, 9.17) is 9.47 Å². The van der Waals surface area contributed by atoms with Gasteiger partial charge in [0.15, 0.2) is 5.79 Å². The van der Waals surface area contributed by atoms with Gasteiger partial charge in [0, 0.05) is 26.1 Å². The number of methoxy groups -OCH3 is 1. The van der Waals surface area contributed by atoms with Crippen LogP contribution in [0.25, 0.3) is 0 Å². The highest BCUT2D eigenvalue weighted by atomic mass is 16.7. The lowest BCUT2D eigenvalue weighted by atomic mass is 9.43. The quantitative estimate of drug-likeness (QED) is 0.563. The van der Waals surface area contributed by atoms with Crippen molar-refractivity contribution in [2.24, 2.45) is 52.3 Å². The van der Waals surface area contributed by atoms with E-state index in [2.05, 4.69) is 27.7 Å². The van der Waals surface area contributed by atoms with E-state index in [1.165, 1.54) is 19.3 Å². The predicted octanol–water partition coefficient (Wildman–Crippen LogP) is 4.37. The van der Waals surface area contributed by atoms with Gasteiger partial charge in [0.25, 0.3) is 0 Å². The van der Waals surface area contributed by atoms with Crippen LogP contribution in [0, 0.1) is 52.3 Å². The normalized spacial score (nSPS) is 56.5. The molecule has 4 saturated carbocycles. The van der Waals surface area contributed by atoms with Crippen LogP contribution >= 0.6 is 0 Å². The molecule has 0 amide bonds. The summed E-state index contributed by atoms with van der Waals surface area (Å²) in [5.74, 6) is 2.91. The molecule has 1 heterocycles. The van der Waals surface area contributed by atoms with Gasteiger partial charge in [-0.1, -0.05) is 27.7 Å². The van der Waals surface area contributed by atoms with Crippen molar-refractivity contribution in [2.75, 3.05) is 13.7 Å². The zero-order valence-electron chi connectivity index (χ0n) is 21.5. The number of fused-ring (bicyclic) bond motifs is 7. The van der Waals surface area contributed by atoms with E-state index in [-0.39, 0.29) is 41.7 Å². The van der Waals surface area contributed by atoms with Gasteiger partial charge in [0.1, 0.15) is 0 Å². The third-order valence-corrected chi connectivity index (χ3v) is 12.0. The highest BCUT2D eigenvalue weighted by Gasteiger charge is 2.69. The maximum atomic E-state index is 11.2. The molecule has 5 aliphatic rings. The van der Waals surface area contributed by atoms with E-state index in [0.717, 1.165) is 32.1 Å². The molecule has 0 aromatic heterocycles. The Balaban J connectivity index is 1.38. The largest absolute Gasteiger partial charge is 0.396 e. The zero-order valence-corrected chi connectivity index (χ0v) is 21.5. The van der Waals surface area contributed by atoms with Gasteiger partial charge in [-0.05, 0) is 97.7 Å². The van der Waals surface area contributed by atoms with Crippen LogP contribution < -0.4 is 0 Å². The van der Waals surface area contributed by atoms with Gasteiger partial charge in [-0.3, -0.25) is 0 Å². The standard InChI is InChI=1S/C28H48O5/c1-16(15-29)8-11-28(32-5)17(2)25-23(33-28)14-22-20-7-6-18-12-19(30)13-24(31)27(18,4)21(20)9-10-26(22,25)3/h16-25,29-31H,6-15H2,1-5H3/t16-,17+,18+,19-,20-,21+,22+,23+,24-,25+,26+,27+,28-/m1/s1. The van der Waals surface area contributed by atoms with Crippen molar-refractivity contribution in [2.45, 2.75) is 110 Å². The van der Waals surface area contributed by atoms with Crippen LogP contribution in [0.2, 0.25) is 0 Å².